The van der Waals surface area contributed by atoms with E-state index in [1.165, 1.54) is 0 Å². The second kappa shape index (κ2) is 11.2. The van der Waals surface area contributed by atoms with Gasteiger partial charge in [0.05, 0.1) is 24.8 Å². The van der Waals surface area contributed by atoms with E-state index in [9.17, 15) is 19.5 Å². The summed E-state index contributed by atoms with van der Waals surface area (Å²) in [5.74, 6) is -0.293. The highest BCUT2D eigenvalue weighted by molar-refractivity contribution is 5.92. The maximum Gasteiger partial charge on any atom is 0.334 e. The number of nitrogens with one attached hydrogen (secondary N) is 1. The summed E-state index contributed by atoms with van der Waals surface area (Å²) in [5.41, 5.74) is 3.64. The van der Waals surface area contributed by atoms with Gasteiger partial charge in [-0.15, -0.1) is 0 Å². The van der Waals surface area contributed by atoms with E-state index in [-0.39, 0.29) is 43.1 Å². The zero-order chi connectivity index (χ0) is 29.4. The van der Waals surface area contributed by atoms with Gasteiger partial charge in [-0.25, -0.2) is 14.8 Å². The topological polar surface area (TPSA) is 114 Å². The fourth-order valence-electron chi connectivity index (χ4n) is 5.94. The van der Waals surface area contributed by atoms with Gasteiger partial charge in [0.1, 0.15) is 18.0 Å². The van der Waals surface area contributed by atoms with Gasteiger partial charge in [-0.3, -0.25) is 14.3 Å². The fourth-order valence-corrected chi connectivity index (χ4v) is 5.94. The van der Waals surface area contributed by atoms with Crippen molar-refractivity contribution in [1.82, 2.24) is 34.9 Å². The van der Waals surface area contributed by atoms with E-state index in [2.05, 4.69) is 10.4 Å². The van der Waals surface area contributed by atoms with Crippen LogP contribution >= 0.6 is 0 Å². The number of carbonyl (C=O) groups excluding carboxylic acids is 3. The first kappa shape index (κ1) is 27.3. The summed E-state index contributed by atoms with van der Waals surface area (Å²) in [5, 5.41) is 21.3. The number of amides is 4. The van der Waals surface area contributed by atoms with Gasteiger partial charge in [0, 0.05) is 39.0 Å². The van der Waals surface area contributed by atoms with Crippen LogP contribution in [0.5, 0.6) is 5.75 Å². The Hall–Kier alpha value is -4.90. The lowest BCUT2D eigenvalue weighted by atomic mass is 9.98. The first-order valence-electron chi connectivity index (χ1n) is 13.9. The molecule has 2 saturated heterocycles. The number of aromatic nitrogens is 2. The molecule has 3 heterocycles. The Morgan fingerprint density at radius 2 is 1.74 bits per heavy atom. The molecule has 0 aliphatic carbocycles. The molecule has 0 radical (unpaired) electrons. The monoisotopic (exact) mass is 567 g/mol. The van der Waals surface area contributed by atoms with E-state index in [4.69, 9.17) is 0 Å². The van der Waals surface area contributed by atoms with E-state index >= 15 is 0 Å². The highest BCUT2D eigenvalue weighted by atomic mass is 16.3. The molecule has 11 heteroatoms. The fraction of sp³-hybridized carbons (Fsp3) is 0.290. The number of aryl methyl sites for hydroxylation is 1. The van der Waals surface area contributed by atoms with Crippen LogP contribution in [0.2, 0.25) is 0 Å². The summed E-state index contributed by atoms with van der Waals surface area (Å²) in [7, 11) is 3.59. The molecule has 42 heavy (non-hydrogen) atoms. The molecular weight excluding hydrogens is 534 g/mol. The largest absolute Gasteiger partial charge is 0.508 e. The Balaban J connectivity index is 1.34. The van der Waals surface area contributed by atoms with Gasteiger partial charge in [0.25, 0.3) is 0 Å². The molecule has 2 N–H and O–H groups in total. The Morgan fingerprint density at radius 3 is 2.50 bits per heavy atom. The van der Waals surface area contributed by atoms with E-state index in [1.54, 1.807) is 62.0 Å². The van der Waals surface area contributed by atoms with Gasteiger partial charge in [-0.2, -0.15) is 5.10 Å². The SMILES string of the molecule is CN1CC(=O)N2C(CN(Cc3cccc4c3cnn4C)C(=O)[C@@H]2Cc2ccc(O)cc2)N1C(=O)NCc1ccccc1. The molecule has 4 amide bonds. The van der Waals surface area contributed by atoms with Crippen molar-refractivity contribution in [3.05, 3.63) is 95.7 Å². The number of phenols is 1. The standard InChI is InChI=1S/C31H33N7O4/c1-34-20-29(40)37-27(15-21-11-13-24(39)14-12-21)30(41)36(18-23-9-6-10-26-25(23)17-33-35(26)2)19-28(37)38(34)31(42)32-16-22-7-4-3-5-8-22/h3-14,17,27-28,39H,15-16,18-20H2,1-2H3,(H,32,42)/t27-,28?/m0/s1. The minimum absolute atomic E-state index is 0.0381. The van der Waals surface area contributed by atoms with Crippen molar-refractivity contribution in [3.63, 3.8) is 0 Å². The number of benzene rings is 3. The molecule has 4 aromatic rings. The van der Waals surface area contributed by atoms with Crippen LogP contribution in [-0.4, -0.2) is 84.9 Å². The van der Waals surface area contributed by atoms with E-state index in [0.29, 0.717) is 13.1 Å². The Labute approximate surface area is 243 Å². The summed E-state index contributed by atoms with van der Waals surface area (Å²) in [4.78, 5) is 44.6. The number of rotatable bonds is 6. The molecule has 3 aromatic carbocycles. The molecule has 2 fully saturated rings. The number of fused-ring (bicyclic) bond motifs is 2. The lowest BCUT2D eigenvalue weighted by molar-refractivity contribution is -0.187. The molecule has 1 aromatic heterocycles. The molecule has 0 saturated carbocycles. The smallest absolute Gasteiger partial charge is 0.334 e. The lowest BCUT2D eigenvalue weighted by Gasteiger charge is -2.54. The number of likely N-dealkylation sites (N-methyl/N-ethyl adjacent to an activating group) is 1. The highest BCUT2D eigenvalue weighted by Gasteiger charge is 2.50. The van der Waals surface area contributed by atoms with Gasteiger partial charge in [0.2, 0.25) is 11.8 Å². The van der Waals surface area contributed by atoms with Crippen LogP contribution in [0, 0.1) is 0 Å². The molecule has 0 bridgehead atoms. The minimum Gasteiger partial charge on any atom is -0.508 e. The summed E-state index contributed by atoms with van der Waals surface area (Å²) in [6, 6.07) is 21.0. The average molecular weight is 568 g/mol. The second-order valence-electron chi connectivity index (χ2n) is 10.8. The zero-order valence-corrected chi connectivity index (χ0v) is 23.6. The van der Waals surface area contributed by atoms with Crippen LogP contribution in [0.15, 0.2) is 79.0 Å². The molecule has 2 atom stereocenters. The predicted octanol–water partition coefficient (Wildman–Crippen LogP) is 2.46. The second-order valence-corrected chi connectivity index (χ2v) is 10.8. The molecule has 0 spiro atoms. The predicted molar refractivity (Wildman–Crippen MR) is 156 cm³/mol. The molecule has 2 aliphatic heterocycles. The van der Waals surface area contributed by atoms with Crippen LogP contribution in [0.3, 0.4) is 0 Å². The number of piperazine rings is 1. The van der Waals surface area contributed by atoms with Crippen molar-refractivity contribution in [2.24, 2.45) is 7.05 Å². The number of hydrogen-bond donors (Lipinski definition) is 2. The third-order valence-corrected chi connectivity index (χ3v) is 8.04. The Bertz CT molecular complexity index is 1620. The zero-order valence-electron chi connectivity index (χ0n) is 23.6. The summed E-state index contributed by atoms with van der Waals surface area (Å²) < 4.78 is 1.79. The number of carbonyl (C=O) groups is 3. The number of nitrogens with zero attached hydrogens (tertiary/aromatic N) is 6. The van der Waals surface area contributed by atoms with Crippen molar-refractivity contribution in [1.29, 1.82) is 0 Å². The third kappa shape index (κ3) is 5.14. The molecule has 6 rings (SSSR count). The van der Waals surface area contributed by atoms with Gasteiger partial charge in [-0.1, -0.05) is 54.6 Å². The van der Waals surface area contributed by atoms with Gasteiger partial charge in [-0.05, 0) is 34.9 Å². The lowest BCUT2D eigenvalue weighted by Crippen LogP contribution is -2.76. The van der Waals surface area contributed by atoms with E-state index < -0.39 is 12.2 Å². The summed E-state index contributed by atoms with van der Waals surface area (Å²) >= 11 is 0. The number of aromatic hydroxyl groups is 1. The van der Waals surface area contributed by atoms with Crippen LogP contribution in [0.4, 0.5) is 4.79 Å². The number of urea groups is 1. The Kier molecular flexibility index (Phi) is 7.26. The number of hydrazine groups is 1. The first-order chi connectivity index (χ1) is 20.3. The van der Waals surface area contributed by atoms with Crippen molar-refractivity contribution in [2.45, 2.75) is 31.7 Å². The maximum absolute atomic E-state index is 14.1. The molecular formula is C31H33N7O4. The van der Waals surface area contributed by atoms with E-state index in [1.807, 2.05) is 55.6 Å². The van der Waals surface area contributed by atoms with Gasteiger partial charge >= 0.3 is 6.03 Å². The van der Waals surface area contributed by atoms with Gasteiger partial charge < -0.3 is 20.2 Å². The minimum atomic E-state index is -0.827. The van der Waals surface area contributed by atoms with Crippen molar-refractivity contribution in [2.75, 3.05) is 20.1 Å². The first-order valence-corrected chi connectivity index (χ1v) is 13.9. The summed E-state index contributed by atoms with van der Waals surface area (Å²) in [6.07, 6.45) is 1.33. The van der Waals surface area contributed by atoms with Crippen molar-refractivity contribution >= 4 is 28.7 Å². The van der Waals surface area contributed by atoms with E-state index in [0.717, 1.165) is 27.6 Å². The van der Waals surface area contributed by atoms with Crippen LogP contribution in [0.25, 0.3) is 10.9 Å². The number of hydrogen-bond acceptors (Lipinski definition) is 6. The third-order valence-electron chi connectivity index (χ3n) is 8.04. The van der Waals surface area contributed by atoms with Gasteiger partial charge in [0.15, 0.2) is 0 Å². The highest BCUT2D eigenvalue weighted by Crippen LogP contribution is 2.30. The summed E-state index contributed by atoms with van der Waals surface area (Å²) in [6.45, 7) is 0.739. The van der Waals surface area contributed by atoms with Crippen molar-refractivity contribution in [3.8, 4) is 5.75 Å². The van der Waals surface area contributed by atoms with Crippen LogP contribution in [0.1, 0.15) is 16.7 Å². The number of phenolic OH excluding ortho intramolecular Hbond substituents is 1. The normalized spacial score (nSPS) is 19.3. The Morgan fingerprint density at radius 1 is 0.976 bits per heavy atom. The van der Waals surface area contributed by atoms with Crippen molar-refractivity contribution < 1.29 is 19.5 Å². The van der Waals surface area contributed by atoms with Crippen LogP contribution < -0.4 is 5.32 Å². The van der Waals surface area contributed by atoms with Crippen LogP contribution in [-0.2, 0) is 36.1 Å². The average Bonchev–Trinajstić information content (AvgIpc) is 3.37. The molecule has 2 aliphatic rings. The quantitative estimate of drug-likeness (QED) is 0.370. The maximum atomic E-state index is 14.1. The molecule has 1 unspecified atom stereocenters. The molecule has 11 nitrogen and oxygen atoms in total. The molecule has 216 valence electrons.